The molecule has 2 heteroatoms. The molecule has 118 valence electrons. The molecule has 1 atom stereocenters. The van der Waals surface area contributed by atoms with E-state index in [1.807, 2.05) is 25.1 Å². The van der Waals surface area contributed by atoms with Crippen molar-refractivity contribution in [1.29, 1.82) is 0 Å². The first kappa shape index (κ1) is 16.9. The lowest BCUT2D eigenvalue weighted by atomic mass is 9.83. The maximum Gasteiger partial charge on any atom is 0.129 e. The average Bonchev–Trinajstić information content (AvgIpc) is 2.49. The Balaban J connectivity index is 1.84. The van der Waals surface area contributed by atoms with E-state index in [-0.39, 0.29) is 5.82 Å². The molecule has 21 heavy (non-hydrogen) atoms. The first-order valence-corrected chi connectivity index (χ1v) is 9.06. The summed E-state index contributed by atoms with van der Waals surface area (Å²) in [6.45, 7) is 4.04. The molecule has 1 aliphatic rings. The van der Waals surface area contributed by atoms with Crippen molar-refractivity contribution in [2.24, 2.45) is 5.92 Å². The topological polar surface area (TPSA) is 0 Å². The van der Waals surface area contributed by atoms with Gasteiger partial charge in [-0.05, 0) is 68.4 Å². The van der Waals surface area contributed by atoms with Gasteiger partial charge in [-0.15, -0.1) is 0 Å². The number of halogens is 1. The molecular formula is C19H29FS. The van der Waals surface area contributed by atoms with Crippen LogP contribution in [0.25, 0.3) is 0 Å². The molecule has 0 amide bonds. The van der Waals surface area contributed by atoms with Gasteiger partial charge in [-0.1, -0.05) is 38.0 Å². The van der Waals surface area contributed by atoms with Crippen LogP contribution in [-0.4, -0.2) is 5.25 Å². The van der Waals surface area contributed by atoms with Crippen molar-refractivity contribution < 1.29 is 4.39 Å². The summed E-state index contributed by atoms with van der Waals surface area (Å²) in [5.74, 6) is 1.28. The standard InChI is InChI=1S/C19H29FS/c1-3-16(18-9-4-6-14(2)19(18)20)8-5-7-15-10-12-17(21)13-11-15/h4,6,9,15-17,21H,3,5,7-8,10-13H2,1-2H3. The average molecular weight is 309 g/mol. The van der Waals surface area contributed by atoms with E-state index in [4.69, 9.17) is 0 Å². The molecule has 0 spiro atoms. The molecule has 0 N–H and O–H groups in total. The smallest absolute Gasteiger partial charge is 0.129 e. The van der Waals surface area contributed by atoms with E-state index in [1.54, 1.807) is 0 Å². The maximum atomic E-state index is 14.3. The number of thiol groups is 1. The third-order valence-corrected chi connectivity index (χ3v) is 5.65. The first-order chi connectivity index (χ1) is 10.1. The number of benzene rings is 1. The van der Waals surface area contributed by atoms with Crippen LogP contribution in [0.2, 0.25) is 0 Å². The van der Waals surface area contributed by atoms with Crippen LogP contribution in [0.15, 0.2) is 18.2 Å². The monoisotopic (exact) mass is 308 g/mol. The Morgan fingerprint density at radius 1 is 1.24 bits per heavy atom. The van der Waals surface area contributed by atoms with Crippen LogP contribution >= 0.6 is 12.6 Å². The Labute approximate surface area is 134 Å². The predicted molar refractivity (Wildman–Crippen MR) is 92.8 cm³/mol. The van der Waals surface area contributed by atoms with Gasteiger partial charge in [-0.25, -0.2) is 4.39 Å². The minimum Gasteiger partial charge on any atom is -0.206 e. The van der Waals surface area contributed by atoms with E-state index in [2.05, 4.69) is 19.6 Å². The van der Waals surface area contributed by atoms with Crippen molar-refractivity contribution in [1.82, 2.24) is 0 Å². The highest BCUT2D eigenvalue weighted by Crippen LogP contribution is 2.33. The SMILES string of the molecule is CCC(CCCC1CCC(S)CC1)c1cccc(C)c1F. The summed E-state index contributed by atoms with van der Waals surface area (Å²) < 4.78 is 14.3. The van der Waals surface area contributed by atoms with Crippen molar-refractivity contribution >= 4 is 12.6 Å². The lowest BCUT2D eigenvalue weighted by molar-refractivity contribution is 0.330. The molecule has 0 aliphatic heterocycles. The van der Waals surface area contributed by atoms with E-state index in [1.165, 1.54) is 38.5 Å². The van der Waals surface area contributed by atoms with Gasteiger partial charge >= 0.3 is 0 Å². The van der Waals surface area contributed by atoms with E-state index < -0.39 is 0 Å². The molecule has 2 rings (SSSR count). The van der Waals surface area contributed by atoms with Crippen LogP contribution in [0.3, 0.4) is 0 Å². The molecule has 0 radical (unpaired) electrons. The van der Waals surface area contributed by atoms with Gasteiger partial charge < -0.3 is 0 Å². The molecule has 0 aromatic heterocycles. The minimum absolute atomic E-state index is 0.0138. The van der Waals surface area contributed by atoms with Gasteiger partial charge in [0.2, 0.25) is 0 Å². The largest absolute Gasteiger partial charge is 0.206 e. The zero-order chi connectivity index (χ0) is 15.2. The van der Waals surface area contributed by atoms with Crippen molar-refractivity contribution in [3.63, 3.8) is 0 Å². The lowest BCUT2D eigenvalue weighted by Crippen LogP contribution is -2.14. The van der Waals surface area contributed by atoms with Gasteiger partial charge in [0.1, 0.15) is 5.82 Å². The van der Waals surface area contributed by atoms with E-state index >= 15 is 0 Å². The van der Waals surface area contributed by atoms with Crippen molar-refractivity contribution in [2.75, 3.05) is 0 Å². The van der Waals surface area contributed by atoms with E-state index in [0.29, 0.717) is 11.2 Å². The van der Waals surface area contributed by atoms with Crippen molar-refractivity contribution in [2.45, 2.75) is 76.4 Å². The van der Waals surface area contributed by atoms with Gasteiger partial charge in [-0.2, -0.15) is 12.6 Å². The number of aryl methyl sites for hydroxylation is 1. The van der Waals surface area contributed by atoms with E-state index in [0.717, 1.165) is 29.9 Å². The van der Waals surface area contributed by atoms with Gasteiger partial charge in [0, 0.05) is 5.25 Å². The van der Waals surface area contributed by atoms with Gasteiger partial charge in [0.25, 0.3) is 0 Å². The second-order valence-electron chi connectivity index (χ2n) is 6.69. The zero-order valence-electron chi connectivity index (χ0n) is 13.4. The molecule has 1 saturated carbocycles. The molecule has 1 aromatic rings. The summed E-state index contributed by atoms with van der Waals surface area (Å²) in [5, 5.41) is 0.631. The van der Waals surface area contributed by atoms with Gasteiger partial charge in [0.05, 0.1) is 0 Å². The van der Waals surface area contributed by atoms with Crippen LogP contribution in [0.1, 0.15) is 75.3 Å². The molecule has 1 aromatic carbocycles. The summed E-state index contributed by atoms with van der Waals surface area (Å²) in [6.07, 6.45) is 9.92. The van der Waals surface area contributed by atoms with Crippen LogP contribution in [0.5, 0.6) is 0 Å². The summed E-state index contributed by atoms with van der Waals surface area (Å²) in [6, 6.07) is 5.83. The molecule has 1 unspecified atom stereocenters. The Morgan fingerprint density at radius 3 is 2.62 bits per heavy atom. The number of hydrogen-bond donors (Lipinski definition) is 1. The first-order valence-electron chi connectivity index (χ1n) is 8.54. The molecule has 0 saturated heterocycles. The van der Waals surface area contributed by atoms with Gasteiger partial charge in [0.15, 0.2) is 0 Å². The Bertz CT molecular complexity index is 435. The highest BCUT2D eigenvalue weighted by atomic mass is 32.1. The minimum atomic E-state index is 0.0138. The second kappa shape index (κ2) is 8.22. The predicted octanol–water partition coefficient (Wildman–Crippen LogP) is 6.29. The molecule has 1 fully saturated rings. The highest BCUT2D eigenvalue weighted by molar-refractivity contribution is 7.80. The Morgan fingerprint density at radius 2 is 1.95 bits per heavy atom. The van der Waals surface area contributed by atoms with Crippen LogP contribution in [0.4, 0.5) is 4.39 Å². The molecule has 0 bridgehead atoms. The Hall–Kier alpha value is -0.500. The van der Waals surface area contributed by atoms with Crippen LogP contribution in [-0.2, 0) is 0 Å². The molecule has 0 heterocycles. The third-order valence-electron chi connectivity index (χ3n) is 5.14. The lowest BCUT2D eigenvalue weighted by Gasteiger charge is -2.26. The van der Waals surface area contributed by atoms with Crippen molar-refractivity contribution in [3.05, 3.63) is 35.1 Å². The van der Waals surface area contributed by atoms with Crippen LogP contribution < -0.4 is 0 Å². The Kier molecular flexibility index (Phi) is 6.60. The van der Waals surface area contributed by atoms with Crippen LogP contribution in [0, 0.1) is 18.7 Å². The maximum absolute atomic E-state index is 14.3. The summed E-state index contributed by atoms with van der Waals surface area (Å²) in [7, 11) is 0. The fourth-order valence-corrected chi connectivity index (χ4v) is 3.95. The quantitative estimate of drug-likeness (QED) is 0.587. The summed E-state index contributed by atoms with van der Waals surface area (Å²) in [4.78, 5) is 0. The summed E-state index contributed by atoms with van der Waals surface area (Å²) in [5.41, 5.74) is 1.70. The highest BCUT2D eigenvalue weighted by Gasteiger charge is 2.20. The number of rotatable bonds is 6. The second-order valence-corrected chi connectivity index (χ2v) is 7.42. The fraction of sp³-hybridized carbons (Fsp3) is 0.684. The van der Waals surface area contributed by atoms with Crippen molar-refractivity contribution in [3.8, 4) is 0 Å². The third kappa shape index (κ3) is 4.74. The molecular weight excluding hydrogens is 279 g/mol. The number of hydrogen-bond acceptors (Lipinski definition) is 1. The zero-order valence-corrected chi connectivity index (χ0v) is 14.3. The van der Waals surface area contributed by atoms with E-state index in [9.17, 15) is 4.39 Å². The van der Waals surface area contributed by atoms with Gasteiger partial charge in [-0.3, -0.25) is 0 Å². The molecule has 1 aliphatic carbocycles. The normalized spacial score (nSPS) is 24.0. The summed E-state index contributed by atoms with van der Waals surface area (Å²) >= 11 is 4.57. The fourth-order valence-electron chi connectivity index (χ4n) is 3.65. The molecule has 0 nitrogen and oxygen atoms in total.